The summed E-state index contributed by atoms with van der Waals surface area (Å²) < 4.78 is 1.82. The monoisotopic (exact) mass is 267 g/mol. The van der Waals surface area contributed by atoms with Crippen LogP contribution in [0.25, 0.3) is 16.9 Å². The molecule has 0 amide bonds. The van der Waals surface area contributed by atoms with Crippen molar-refractivity contribution < 1.29 is 0 Å². The van der Waals surface area contributed by atoms with Crippen molar-refractivity contribution in [3.8, 4) is 17.3 Å². The first-order valence-corrected chi connectivity index (χ1v) is 6.21. The lowest BCUT2D eigenvalue weighted by Gasteiger charge is -1.98. The van der Waals surface area contributed by atoms with E-state index in [1.54, 1.807) is 12.1 Å². The Morgan fingerprint density at radius 3 is 2.58 bits per heavy atom. The Hall–Kier alpha value is -2.31. The fourth-order valence-corrected chi connectivity index (χ4v) is 2.19. The molecule has 0 N–H and O–H groups in total. The Labute approximate surface area is 115 Å². The average Bonchev–Trinajstić information content (AvgIpc) is 2.77. The molecule has 0 saturated carbocycles. The van der Waals surface area contributed by atoms with Gasteiger partial charge in [0.25, 0.3) is 0 Å². The van der Waals surface area contributed by atoms with E-state index >= 15 is 0 Å². The van der Waals surface area contributed by atoms with Crippen LogP contribution in [0, 0.1) is 18.3 Å². The summed E-state index contributed by atoms with van der Waals surface area (Å²) in [7, 11) is 0. The van der Waals surface area contributed by atoms with Gasteiger partial charge in [-0.3, -0.25) is 4.40 Å². The molecule has 0 aliphatic carbocycles. The van der Waals surface area contributed by atoms with Crippen LogP contribution in [0.3, 0.4) is 0 Å². The van der Waals surface area contributed by atoms with Gasteiger partial charge in [0.2, 0.25) is 0 Å². The van der Waals surface area contributed by atoms with Crippen molar-refractivity contribution in [1.29, 1.82) is 5.26 Å². The van der Waals surface area contributed by atoms with Gasteiger partial charge >= 0.3 is 0 Å². The highest BCUT2D eigenvalue weighted by atomic mass is 35.5. The van der Waals surface area contributed by atoms with E-state index in [4.69, 9.17) is 11.6 Å². The first-order valence-electron chi connectivity index (χ1n) is 5.84. The Balaban J connectivity index is 2.29. The molecule has 0 bridgehead atoms. The summed E-state index contributed by atoms with van der Waals surface area (Å²) in [6, 6.07) is 13.5. The van der Waals surface area contributed by atoms with Crippen molar-refractivity contribution in [2.24, 2.45) is 0 Å². The normalized spacial score (nSPS) is 10.6. The smallest absolute Gasteiger partial charge is 0.152 e. The summed E-state index contributed by atoms with van der Waals surface area (Å²) in [5, 5.41) is 10.0. The average molecular weight is 268 g/mol. The molecule has 1 aromatic carbocycles. The second-order valence-electron chi connectivity index (χ2n) is 4.36. The number of nitriles is 1. The Morgan fingerprint density at radius 2 is 1.89 bits per heavy atom. The molecule has 0 aliphatic heterocycles. The summed E-state index contributed by atoms with van der Waals surface area (Å²) in [6.45, 7) is 1.99. The summed E-state index contributed by atoms with van der Waals surface area (Å²) >= 11 is 5.88. The van der Waals surface area contributed by atoms with E-state index in [0.29, 0.717) is 16.4 Å². The number of pyridine rings is 1. The van der Waals surface area contributed by atoms with Crippen molar-refractivity contribution in [3.05, 3.63) is 58.9 Å². The predicted molar refractivity (Wildman–Crippen MR) is 75.1 cm³/mol. The fourth-order valence-electron chi connectivity index (χ4n) is 2.07. The van der Waals surface area contributed by atoms with Gasteiger partial charge in [0.1, 0.15) is 17.4 Å². The molecular formula is C15H10ClN3. The van der Waals surface area contributed by atoms with Gasteiger partial charge in [-0.05, 0) is 30.7 Å². The molecule has 0 unspecified atom stereocenters. The second-order valence-corrected chi connectivity index (χ2v) is 4.80. The molecule has 92 valence electrons. The minimum absolute atomic E-state index is 0.543. The molecule has 19 heavy (non-hydrogen) atoms. The summed E-state index contributed by atoms with van der Waals surface area (Å²) in [5.74, 6) is 0. The van der Waals surface area contributed by atoms with Gasteiger partial charge in [0.15, 0.2) is 5.69 Å². The number of fused-ring (bicyclic) bond motifs is 1. The largest absolute Gasteiger partial charge is 0.290 e. The van der Waals surface area contributed by atoms with Crippen molar-refractivity contribution in [2.45, 2.75) is 6.92 Å². The van der Waals surface area contributed by atoms with Crippen LogP contribution in [0.4, 0.5) is 0 Å². The van der Waals surface area contributed by atoms with Crippen LogP contribution in [0.1, 0.15) is 11.3 Å². The molecule has 0 aliphatic rings. The molecule has 3 rings (SSSR count). The topological polar surface area (TPSA) is 41.1 Å². The number of aromatic nitrogens is 2. The van der Waals surface area contributed by atoms with E-state index in [0.717, 1.165) is 16.8 Å². The lowest BCUT2D eigenvalue weighted by molar-refractivity contribution is 1.13. The maximum Gasteiger partial charge on any atom is 0.152 e. The number of hydrogen-bond donors (Lipinski definition) is 0. The minimum Gasteiger partial charge on any atom is -0.290 e. The fraction of sp³-hybridized carbons (Fsp3) is 0.0667. The van der Waals surface area contributed by atoms with Gasteiger partial charge < -0.3 is 0 Å². The lowest BCUT2D eigenvalue weighted by Crippen LogP contribution is -1.89. The maximum absolute atomic E-state index is 9.38. The van der Waals surface area contributed by atoms with Crippen LogP contribution >= 0.6 is 11.6 Å². The van der Waals surface area contributed by atoms with E-state index in [2.05, 4.69) is 11.1 Å². The van der Waals surface area contributed by atoms with E-state index in [9.17, 15) is 5.26 Å². The van der Waals surface area contributed by atoms with Crippen LogP contribution in [0.2, 0.25) is 5.02 Å². The van der Waals surface area contributed by atoms with Gasteiger partial charge in [0.05, 0.1) is 0 Å². The molecule has 3 aromatic rings. The van der Waals surface area contributed by atoms with E-state index in [-0.39, 0.29) is 0 Å². The molecule has 0 fully saturated rings. The number of hydrogen-bond acceptors (Lipinski definition) is 2. The van der Waals surface area contributed by atoms with Gasteiger partial charge in [-0.1, -0.05) is 29.8 Å². The van der Waals surface area contributed by atoms with Gasteiger partial charge in [0, 0.05) is 16.8 Å². The third kappa shape index (κ3) is 1.96. The number of halogens is 1. The molecule has 4 heteroatoms. The Bertz CT molecular complexity index is 795. The highest BCUT2D eigenvalue weighted by Crippen LogP contribution is 2.25. The zero-order valence-corrected chi connectivity index (χ0v) is 11.0. The van der Waals surface area contributed by atoms with Crippen LogP contribution in [-0.4, -0.2) is 9.38 Å². The van der Waals surface area contributed by atoms with E-state index in [1.807, 2.05) is 41.8 Å². The number of nitrogens with zero attached hydrogens (tertiary/aromatic N) is 3. The molecule has 0 atom stereocenters. The molecule has 2 aromatic heterocycles. The quantitative estimate of drug-likeness (QED) is 0.672. The molecule has 0 radical (unpaired) electrons. The third-order valence-corrected chi connectivity index (χ3v) is 3.24. The number of aryl methyl sites for hydroxylation is 1. The van der Waals surface area contributed by atoms with Crippen LogP contribution in [-0.2, 0) is 0 Å². The summed E-state index contributed by atoms with van der Waals surface area (Å²) in [4.78, 5) is 4.52. The Kier molecular flexibility index (Phi) is 2.73. The van der Waals surface area contributed by atoms with Crippen molar-refractivity contribution >= 4 is 17.2 Å². The van der Waals surface area contributed by atoms with Crippen molar-refractivity contribution in [2.75, 3.05) is 0 Å². The van der Waals surface area contributed by atoms with Gasteiger partial charge in [-0.25, -0.2) is 4.98 Å². The SMILES string of the molecule is Cc1ccc2nc(-c3ccc(Cl)cc3)c(C#N)n2c1. The van der Waals surface area contributed by atoms with E-state index in [1.165, 1.54) is 0 Å². The Morgan fingerprint density at radius 1 is 1.16 bits per heavy atom. The van der Waals surface area contributed by atoms with Crippen molar-refractivity contribution in [1.82, 2.24) is 9.38 Å². The molecular weight excluding hydrogens is 258 g/mol. The molecule has 0 saturated heterocycles. The summed E-state index contributed by atoms with van der Waals surface area (Å²) in [6.07, 6.45) is 1.92. The van der Waals surface area contributed by atoms with Crippen molar-refractivity contribution in [3.63, 3.8) is 0 Å². The first kappa shape index (κ1) is 11.8. The maximum atomic E-state index is 9.38. The van der Waals surface area contributed by atoms with Crippen LogP contribution in [0.15, 0.2) is 42.6 Å². The second kappa shape index (κ2) is 4.42. The van der Waals surface area contributed by atoms with Gasteiger partial charge in [-0.2, -0.15) is 5.26 Å². The molecule has 3 nitrogen and oxygen atoms in total. The highest BCUT2D eigenvalue weighted by Gasteiger charge is 2.13. The zero-order chi connectivity index (χ0) is 13.4. The highest BCUT2D eigenvalue weighted by molar-refractivity contribution is 6.30. The number of benzene rings is 1. The predicted octanol–water partition coefficient (Wildman–Crippen LogP) is 3.83. The van der Waals surface area contributed by atoms with Gasteiger partial charge in [-0.15, -0.1) is 0 Å². The third-order valence-electron chi connectivity index (χ3n) is 2.99. The standard InChI is InChI=1S/C15H10ClN3/c1-10-2-7-14-18-15(13(8-17)19(14)9-10)11-3-5-12(16)6-4-11/h2-7,9H,1H3. The van der Waals surface area contributed by atoms with Crippen LogP contribution in [0.5, 0.6) is 0 Å². The summed E-state index contributed by atoms with van der Waals surface area (Å²) in [5.41, 5.74) is 3.98. The molecule has 2 heterocycles. The first-order chi connectivity index (χ1) is 9.19. The number of rotatable bonds is 1. The molecule has 0 spiro atoms. The minimum atomic E-state index is 0.543. The lowest BCUT2D eigenvalue weighted by atomic mass is 10.1. The number of imidazole rings is 1. The zero-order valence-electron chi connectivity index (χ0n) is 10.3. The van der Waals surface area contributed by atoms with Crippen LogP contribution < -0.4 is 0 Å². The van der Waals surface area contributed by atoms with E-state index < -0.39 is 0 Å².